The Morgan fingerprint density at radius 3 is 2.48 bits per heavy atom. The summed E-state index contributed by atoms with van der Waals surface area (Å²) in [6.07, 6.45) is 2.12. The molecule has 2 rings (SSSR count). The Morgan fingerprint density at radius 2 is 1.86 bits per heavy atom. The van der Waals surface area contributed by atoms with E-state index in [1.165, 1.54) is 12.7 Å². The lowest BCUT2D eigenvalue weighted by atomic mass is 10.1. The number of rotatable bonds is 5. The summed E-state index contributed by atoms with van der Waals surface area (Å²) in [7, 11) is 1.33. The number of aryl methyl sites for hydroxylation is 1. The zero-order valence-electron chi connectivity index (χ0n) is 12.3. The summed E-state index contributed by atoms with van der Waals surface area (Å²) >= 11 is 0. The summed E-state index contributed by atoms with van der Waals surface area (Å²) in [5, 5.41) is 0. The first-order valence-corrected chi connectivity index (χ1v) is 6.89. The van der Waals surface area contributed by atoms with Crippen LogP contribution < -0.4 is 10.5 Å². The van der Waals surface area contributed by atoms with Gasteiger partial charge >= 0.3 is 5.97 Å². The van der Waals surface area contributed by atoms with Crippen molar-refractivity contribution in [2.45, 2.75) is 19.8 Å². The summed E-state index contributed by atoms with van der Waals surface area (Å²) in [4.78, 5) is 11.8. The molecule has 21 heavy (non-hydrogen) atoms. The smallest absolute Gasteiger partial charge is 0.341 e. The van der Waals surface area contributed by atoms with Crippen molar-refractivity contribution in [3.05, 3.63) is 53.6 Å². The SMILES string of the molecule is CCCc1ccc(Oc2c(N)cccc2C(=O)OC)cc1. The van der Waals surface area contributed by atoms with Crippen LogP contribution in [0, 0.1) is 0 Å². The minimum atomic E-state index is -0.472. The Bertz CT molecular complexity index is 620. The summed E-state index contributed by atoms with van der Waals surface area (Å²) < 4.78 is 10.5. The lowest BCUT2D eigenvalue weighted by Crippen LogP contribution is -2.05. The molecule has 0 heterocycles. The monoisotopic (exact) mass is 285 g/mol. The molecule has 0 aliphatic carbocycles. The first-order valence-electron chi connectivity index (χ1n) is 6.89. The number of benzene rings is 2. The van der Waals surface area contributed by atoms with E-state index in [1.807, 2.05) is 24.3 Å². The molecule has 2 aromatic carbocycles. The molecular weight excluding hydrogens is 266 g/mol. The molecule has 0 aromatic heterocycles. The number of ether oxygens (including phenoxy) is 2. The minimum absolute atomic E-state index is 0.315. The van der Waals surface area contributed by atoms with Crippen LogP contribution in [0.1, 0.15) is 29.3 Å². The van der Waals surface area contributed by atoms with E-state index in [0.717, 1.165) is 12.8 Å². The highest BCUT2D eigenvalue weighted by Crippen LogP contribution is 2.32. The van der Waals surface area contributed by atoms with E-state index < -0.39 is 5.97 Å². The highest BCUT2D eigenvalue weighted by atomic mass is 16.5. The van der Waals surface area contributed by atoms with Crippen LogP contribution in [0.15, 0.2) is 42.5 Å². The van der Waals surface area contributed by atoms with Crippen molar-refractivity contribution in [3.8, 4) is 11.5 Å². The molecule has 0 aliphatic heterocycles. The predicted molar refractivity (Wildman–Crippen MR) is 82.7 cm³/mol. The maximum absolute atomic E-state index is 11.8. The molecule has 0 radical (unpaired) electrons. The number of methoxy groups -OCH3 is 1. The van der Waals surface area contributed by atoms with Gasteiger partial charge in [0.25, 0.3) is 0 Å². The number of anilines is 1. The number of nitrogens with two attached hydrogens (primary N) is 1. The van der Waals surface area contributed by atoms with Crippen LogP contribution in [-0.2, 0) is 11.2 Å². The van der Waals surface area contributed by atoms with E-state index in [1.54, 1.807) is 18.2 Å². The van der Waals surface area contributed by atoms with Gasteiger partial charge in [-0.1, -0.05) is 31.5 Å². The molecule has 0 saturated carbocycles. The van der Waals surface area contributed by atoms with Gasteiger partial charge in [0, 0.05) is 0 Å². The minimum Gasteiger partial charge on any atom is -0.465 e. The van der Waals surface area contributed by atoms with Crippen LogP contribution in [-0.4, -0.2) is 13.1 Å². The first kappa shape index (κ1) is 14.9. The topological polar surface area (TPSA) is 61.5 Å². The van der Waals surface area contributed by atoms with E-state index in [9.17, 15) is 4.79 Å². The van der Waals surface area contributed by atoms with Crippen molar-refractivity contribution in [2.75, 3.05) is 12.8 Å². The van der Waals surface area contributed by atoms with Gasteiger partial charge in [-0.2, -0.15) is 0 Å². The van der Waals surface area contributed by atoms with Crippen molar-refractivity contribution in [1.29, 1.82) is 0 Å². The fourth-order valence-electron chi connectivity index (χ4n) is 2.07. The van der Waals surface area contributed by atoms with E-state index in [0.29, 0.717) is 22.7 Å². The predicted octanol–water partition coefficient (Wildman–Crippen LogP) is 3.80. The molecule has 0 fully saturated rings. The fraction of sp³-hybridized carbons (Fsp3) is 0.235. The molecule has 4 heteroatoms. The van der Waals surface area contributed by atoms with E-state index in [2.05, 4.69) is 6.92 Å². The fourth-order valence-corrected chi connectivity index (χ4v) is 2.07. The van der Waals surface area contributed by atoms with Crippen LogP contribution in [0.4, 0.5) is 5.69 Å². The molecule has 0 aliphatic rings. The molecule has 4 nitrogen and oxygen atoms in total. The molecule has 110 valence electrons. The van der Waals surface area contributed by atoms with Gasteiger partial charge in [0.05, 0.1) is 12.8 Å². The van der Waals surface area contributed by atoms with Gasteiger partial charge in [-0.25, -0.2) is 4.79 Å². The van der Waals surface area contributed by atoms with Gasteiger partial charge in [0.15, 0.2) is 5.75 Å². The largest absolute Gasteiger partial charge is 0.465 e. The number of nitrogen functional groups attached to an aromatic ring is 1. The van der Waals surface area contributed by atoms with Crippen LogP contribution in [0.2, 0.25) is 0 Å². The standard InChI is InChI=1S/C17H19NO3/c1-3-5-12-8-10-13(11-9-12)21-16-14(17(19)20-2)6-4-7-15(16)18/h4,6-11H,3,5,18H2,1-2H3. The zero-order chi connectivity index (χ0) is 15.2. The first-order chi connectivity index (χ1) is 10.2. The number of carbonyl (C=O) groups excluding carboxylic acids is 1. The van der Waals surface area contributed by atoms with Crippen molar-refractivity contribution >= 4 is 11.7 Å². The molecule has 0 atom stereocenters. The Labute approximate surface area is 124 Å². The van der Waals surface area contributed by atoms with Gasteiger partial charge < -0.3 is 15.2 Å². The van der Waals surface area contributed by atoms with E-state index in [-0.39, 0.29) is 0 Å². The number of carbonyl (C=O) groups is 1. The number of para-hydroxylation sites is 1. The summed E-state index contributed by atoms with van der Waals surface area (Å²) in [5.41, 5.74) is 7.87. The highest BCUT2D eigenvalue weighted by molar-refractivity contribution is 5.94. The second-order valence-corrected chi connectivity index (χ2v) is 4.71. The Morgan fingerprint density at radius 1 is 1.14 bits per heavy atom. The molecule has 0 spiro atoms. The van der Waals surface area contributed by atoms with Crippen molar-refractivity contribution in [1.82, 2.24) is 0 Å². The molecule has 2 N–H and O–H groups in total. The van der Waals surface area contributed by atoms with Gasteiger partial charge in [-0.05, 0) is 36.2 Å². The third-order valence-corrected chi connectivity index (χ3v) is 3.13. The molecule has 0 saturated heterocycles. The quantitative estimate of drug-likeness (QED) is 0.670. The average Bonchev–Trinajstić information content (AvgIpc) is 2.50. The third-order valence-electron chi connectivity index (χ3n) is 3.13. The maximum Gasteiger partial charge on any atom is 0.341 e. The summed E-state index contributed by atoms with van der Waals surface area (Å²) in [6, 6.07) is 12.8. The number of esters is 1. The zero-order valence-corrected chi connectivity index (χ0v) is 12.3. The Balaban J connectivity index is 2.28. The summed E-state index contributed by atoms with van der Waals surface area (Å²) in [6.45, 7) is 2.14. The molecule has 2 aromatic rings. The number of hydrogen-bond acceptors (Lipinski definition) is 4. The van der Waals surface area contributed by atoms with Gasteiger partial charge in [-0.15, -0.1) is 0 Å². The van der Waals surface area contributed by atoms with E-state index >= 15 is 0 Å². The average molecular weight is 285 g/mol. The van der Waals surface area contributed by atoms with Gasteiger partial charge in [0.2, 0.25) is 0 Å². The summed E-state index contributed by atoms with van der Waals surface area (Å²) in [5.74, 6) is 0.491. The van der Waals surface area contributed by atoms with Crippen LogP contribution in [0.25, 0.3) is 0 Å². The highest BCUT2D eigenvalue weighted by Gasteiger charge is 2.16. The third kappa shape index (κ3) is 3.54. The molecule has 0 unspecified atom stereocenters. The number of hydrogen-bond donors (Lipinski definition) is 1. The van der Waals surface area contributed by atoms with Crippen molar-refractivity contribution in [2.24, 2.45) is 0 Å². The normalized spacial score (nSPS) is 10.2. The molecule has 0 bridgehead atoms. The lowest BCUT2D eigenvalue weighted by Gasteiger charge is -2.12. The second kappa shape index (κ2) is 6.79. The van der Waals surface area contributed by atoms with Gasteiger partial charge in [-0.3, -0.25) is 0 Å². The molecular formula is C17H19NO3. The van der Waals surface area contributed by atoms with Crippen LogP contribution >= 0.6 is 0 Å². The lowest BCUT2D eigenvalue weighted by molar-refractivity contribution is 0.0598. The molecule has 0 amide bonds. The maximum atomic E-state index is 11.8. The van der Waals surface area contributed by atoms with Gasteiger partial charge in [0.1, 0.15) is 11.3 Å². The van der Waals surface area contributed by atoms with E-state index in [4.69, 9.17) is 15.2 Å². The Kier molecular flexibility index (Phi) is 4.82. The van der Waals surface area contributed by atoms with Crippen molar-refractivity contribution in [3.63, 3.8) is 0 Å². The van der Waals surface area contributed by atoms with Crippen molar-refractivity contribution < 1.29 is 14.3 Å². The van der Waals surface area contributed by atoms with Crippen LogP contribution in [0.5, 0.6) is 11.5 Å². The Hall–Kier alpha value is -2.49. The van der Waals surface area contributed by atoms with Crippen LogP contribution in [0.3, 0.4) is 0 Å². The second-order valence-electron chi connectivity index (χ2n) is 4.71.